The van der Waals surface area contributed by atoms with Crippen LogP contribution in [0.15, 0.2) is 30.3 Å². The SMILES string of the molecule is CCCCCCCC[C@H](CC(=O)OC(C)(C)C)C(=O)N1C(=O)OC[C@@H]1Cc1ccccc1. The van der Waals surface area contributed by atoms with Gasteiger partial charge in [-0.2, -0.15) is 0 Å². The topological polar surface area (TPSA) is 72.9 Å². The summed E-state index contributed by atoms with van der Waals surface area (Å²) in [6.07, 6.45) is 7.00. The number of rotatable bonds is 12. The summed E-state index contributed by atoms with van der Waals surface area (Å²) in [6.45, 7) is 7.78. The summed E-state index contributed by atoms with van der Waals surface area (Å²) in [5.41, 5.74) is 0.418. The maximum absolute atomic E-state index is 13.4. The Hall–Kier alpha value is -2.37. The number of cyclic esters (lactones) is 1. The van der Waals surface area contributed by atoms with Gasteiger partial charge in [0.05, 0.1) is 12.5 Å². The standard InChI is InChI=1S/C26H39NO5/c1-5-6-7-8-9-13-16-21(18-23(28)32-26(2,3)4)24(29)27-22(19-31-25(27)30)17-20-14-11-10-12-15-20/h10-12,14-15,21-22H,5-9,13,16-19H2,1-4H3/t21-,22+/m1/s1. The van der Waals surface area contributed by atoms with E-state index < -0.39 is 23.6 Å². The van der Waals surface area contributed by atoms with Gasteiger partial charge in [0.1, 0.15) is 12.2 Å². The molecule has 0 spiro atoms. The Morgan fingerprint density at radius 3 is 2.41 bits per heavy atom. The second-order valence-electron chi connectivity index (χ2n) is 9.67. The first-order valence-electron chi connectivity index (χ1n) is 12.0. The van der Waals surface area contributed by atoms with Crippen molar-refractivity contribution in [3.8, 4) is 0 Å². The van der Waals surface area contributed by atoms with Crippen LogP contribution in [0.1, 0.15) is 84.6 Å². The van der Waals surface area contributed by atoms with Gasteiger partial charge in [0.25, 0.3) is 0 Å². The normalized spacial score (nSPS) is 17.2. The van der Waals surface area contributed by atoms with E-state index in [2.05, 4.69) is 6.92 Å². The van der Waals surface area contributed by atoms with Crippen molar-refractivity contribution in [2.75, 3.05) is 6.61 Å². The molecule has 1 saturated heterocycles. The molecule has 1 aromatic carbocycles. The van der Waals surface area contributed by atoms with E-state index in [1.54, 1.807) is 0 Å². The van der Waals surface area contributed by atoms with Gasteiger partial charge in [-0.3, -0.25) is 9.59 Å². The van der Waals surface area contributed by atoms with Crippen LogP contribution in [0.5, 0.6) is 0 Å². The highest BCUT2D eigenvalue weighted by atomic mass is 16.6. The summed E-state index contributed by atoms with van der Waals surface area (Å²) in [4.78, 5) is 39.6. The van der Waals surface area contributed by atoms with Gasteiger partial charge in [-0.1, -0.05) is 75.8 Å². The maximum Gasteiger partial charge on any atom is 0.416 e. The minimum Gasteiger partial charge on any atom is -0.460 e. The predicted molar refractivity (Wildman–Crippen MR) is 124 cm³/mol. The average molecular weight is 446 g/mol. The fraction of sp³-hybridized carbons (Fsp3) is 0.654. The number of ether oxygens (including phenoxy) is 2. The molecule has 1 aliphatic rings. The van der Waals surface area contributed by atoms with Crippen molar-refractivity contribution in [1.29, 1.82) is 0 Å². The van der Waals surface area contributed by atoms with Gasteiger partial charge < -0.3 is 9.47 Å². The molecule has 0 bridgehead atoms. The monoisotopic (exact) mass is 445 g/mol. The fourth-order valence-corrected chi connectivity index (χ4v) is 4.03. The quantitative estimate of drug-likeness (QED) is 0.306. The van der Waals surface area contributed by atoms with Gasteiger partial charge in [-0.15, -0.1) is 0 Å². The third kappa shape index (κ3) is 8.64. The molecule has 2 amide bonds. The van der Waals surface area contributed by atoms with E-state index in [0.717, 1.165) is 24.8 Å². The predicted octanol–water partition coefficient (Wildman–Crippen LogP) is 5.68. The Morgan fingerprint density at radius 1 is 1.09 bits per heavy atom. The van der Waals surface area contributed by atoms with Crippen molar-refractivity contribution in [3.63, 3.8) is 0 Å². The van der Waals surface area contributed by atoms with Crippen LogP contribution in [0, 0.1) is 5.92 Å². The Kier molecular flexibility index (Phi) is 10.2. The van der Waals surface area contributed by atoms with Crippen LogP contribution in [-0.4, -0.2) is 41.1 Å². The van der Waals surface area contributed by atoms with Crippen LogP contribution in [0.4, 0.5) is 4.79 Å². The zero-order valence-electron chi connectivity index (χ0n) is 20.1. The largest absolute Gasteiger partial charge is 0.460 e. The second-order valence-corrected chi connectivity index (χ2v) is 9.67. The third-order valence-corrected chi connectivity index (χ3v) is 5.60. The number of carbonyl (C=O) groups excluding carboxylic acids is 3. The molecule has 0 unspecified atom stereocenters. The number of hydrogen-bond acceptors (Lipinski definition) is 5. The number of nitrogens with zero attached hydrogens (tertiary/aromatic N) is 1. The molecule has 0 N–H and O–H groups in total. The smallest absolute Gasteiger partial charge is 0.416 e. The number of carbonyl (C=O) groups is 3. The molecule has 1 heterocycles. The number of hydrogen-bond donors (Lipinski definition) is 0. The summed E-state index contributed by atoms with van der Waals surface area (Å²) >= 11 is 0. The summed E-state index contributed by atoms with van der Waals surface area (Å²) in [5, 5.41) is 0. The molecule has 1 fully saturated rings. The minimum absolute atomic E-state index is 0.0209. The Labute approximate surface area is 192 Å². The molecule has 6 nitrogen and oxygen atoms in total. The van der Waals surface area contributed by atoms with Crippen molar-refractivity contribution < 1.29 is 23.9 Å². The highest BCUT2D eigenvalue weighted by Crippen LogP contribution is 2.25. The summed E-state index contributed by atoms with van der Waals surface area (Å²) in [5.74, 6) is -1.32. The lowest BCUT2D eigenvalue weighted by atomic mass is 9.94. The number of amides is 2. The molecule has 32 heavy (non-hydrogen) atoms. The van der Waals surface area contributed by atoms with E-state index >= 15 is 0 Å². The van der Waals surface area contributed by atoms with Crippen LogP contribution < -0.4 is 0 Å². The zero-order valence-corrected chi connectivity index (χ0v) is 20.1. The molecule has 178 valence electrons. The lowest BCUT2D eigenvalue weighted by Gasteiger charge is -2.26. The molecule has 6 heteroatoms. The summed E-state index contributed by atoms with van der Waals surface area (Å²) < 4.78 is 10.7. The van der Waals surface area contributed by atoms with E-state index in [4.69, 9.17) is 9.47 Å². The van der Waals surface area contributed by atoms with Crippen LogP contribution in [-0.2, 0) is 25.5 Å². The van der Waals surface area contributed by atoms with Gasteiger partial charge in [-0.05, 0) is 39.2 Å². The molecule has 1 aliphatic heterocycles. The lowest BCUT2D eigenvalue weighted by Crippen LogP contribution is -2.44. The van der Waals surface area contributed by atoms with Gasteiger partial charge in [0, 0.05) is 5.92 Å². The van der Waals surface area contributed by atoms with Crippen LogP contribution in [0.3, 0.4) is 0 Å². The van der Waals surface area contributed by atoms with Crippen molar-refractivity contribution in [2.24, 2.45) is 5.92 Å². The Morgan fingerprint density at radius 2 is 1.75 bits per heavy atom. The first-order valence-corrected chi connectivity index (χ1v) is 12.0. The number of unbranched alkanes of at least 4 members (excludes halogenated alkanes) is 5. The molecule has 1 aromatic rings. The Balaban J connectivity index is 2.07. The minimum atomic E-state index is -0.618. The number of imide groups is 1. The van der Waals surface area contributed by atoms with E-state index in [0.29, 0.717) is 12.8 Å². The third-order valence-electron chi connectivity index (χ3n) is 5.60. The van der Waals surface area contributed by atoms with E-state index in [-0.39, 0.29) is 25.0 Å². The molecule has 2 rings (SSSR count). The van der Waals surface area contributed by atoms with E-state index in [1.807, 2.05) is 51.1 Å². The Bertz CT molecular complexity index is 740. The zero-order chi connectivity index (χ0) is 23.6. The van der Waals surface area contributed by atoms with Crippen LogP contribution in [0.2, 0.25) is 0 Å². The van der Waals surface area contributed by atoms with Crippen molar-refractivity contribution >= 4 is 18.0 Å². The molecule has 0 radical (unpaired) electrons. The maximum atomic E-state index is 13.4. The van der Waals surface area contributed by atoms with Gasteiger partial charge in [-0.25, -0.2) is 9.69 Å². The highest BCUT2D eigenvalue weighted by molar-refractivity contribution is 5.96. The van der Waals surface area contributed by atoms with Crippen LogP contribution in [0.25, 0.3) is 0 Å². The fourth-order valence-electron chi connectivity index (χ4n) is 4.03. The number of esters is 1. The highest BCUT2D eigenvalue weighted by Gasteiger charge is 2.41. The van der Waals surface area contributed by atoms with Gasteiger partial charge in [0.15, 0.2) is 0 Å². The molecule has 2 atom stereocenters. The van der Waals surface area contributed by atoms with E-state index in [9.17, 15) is 14.4 Å². The first-order chi connectivity index (χ1) is 15.2. The van der Waals surface area contributed by atoms with Crippen LogP contribution >= 0.6 is 0 Å². The second kappa shape index (κ2) is 12.6. The molecule has 0 aliphatic carbocycles. The molecular formula is C26H39NO5. The number of benzene rings is 1. The summed E-state index contributed by atoms with van der Waals surface area (Å²) in [6, 6.07) is 9.38. The van der Waals surface area contributed by atoms with Gasteiger partial charge in [0.2, 0.25) is 5.91 Å². The average Bonchev–Trinajstić information content (AvgIpc) is 3.08. The lowest BCUT2D eigenvalue weighted by molar-refractivity contribution is -0.158. The first kappa shape index (κ1) is 25.9. The molecular weight excluding hydrogens is 406 g/mol. The van der Waals surface area contributed by atoms with E-state index in [1.165, 1.54) is 24.2 Å². The van der Waals surface area contributed by atoms with Crippen molar-refractivity contribution in [2.45, 2.75) is 97.1 Å². The van der Waals surface area contributed by atoms with Crippen molar-refractivity contribution in [3.05, 3.63) is 35.9 Å². The summed E-state index contributed by atoms with van der Waals surface area (Å²) in [7, 11) is 0. The molecule has 0 saturated carbocycles. The van der Waals surface area contributed by atoms with Crippen molar-refractivity contribution in [1.82, 2.24) is 4.90 Å². The van der Waals surface area contributed by atoms with Gasteiger partial charge >= 0.3 is 12.1 Å². The molecule has 0 aromatic heterocycles.